The molecule has 0 aromatic carbocycles. The van der Waals surface area contributed by atoms with Crippen LogP contribution in [0.25, 0.3) is 0 Å². The molecule has 0 nitrogen and oxygen atoms in total. The summed E-state index contributed by atoms with van der Waals surface area (Å²) in [4.78, 5) is 0. The van der Waals surface area contributed by atoms with Crippen LogP contribution in [0.5, 0.6) is 0 Å². The van der Waals surface area contributed by atoms with Gasteiger partial charge in [-0.2, -0.15) is 0 Å². The molecule has 3 aliphatic rings. The highest BCUT2D eigenvalue weighted by Gasteiger charge is 2.88. The van der Waals surface area contributed by atoms with Crippen LogP contribution < -0.4 is 0 Å². The lowest BCUT2D eigenvalue weighted by Gasteiger charge is -2.23. The average molecular weight is 294 g/mol. The summed E-state index contributed by atoms with van der Waals surface area (Å²) in [5.41, 5.74) is 1.36. The summed E-state index contributed by atoms with van der Waals surface area (Å²) in [5, 5.41) is 0. The van der Waals surface area contributed by atoms with Crippen molar-refractivity contribution in [2.45, 2.75) is 48.2 Å². The fraction of sp³-hybridized carbons (Fsp3) is 1.00. The molecule has 2 spiro atoms. The predicted octanol–water partition coefficient (Wildman–Crippen LogP) is 4.22. The maximum atomic E-state index is 3.91. The largest absolute Gasteiger partial charge is 0.0929 e. The Labute approximate surface area is 90.7 Å². The first-order valence-corrected chi connectivity index (χ1v) is 6.63. The van der Waals surface area contributed by atoms with E-state index in [2.05, 4.69) is 31.9 Å². The number of hydrogen-bond acceptors (Lipinski definition) is 0. The zero-order chi connectivity index (χ0) is 8.45. The summed E-state index contributed by atoms with van der Waals surface area (Å²) in [7, 11) is 0. The second-order valence-electron chi connectivity index (χ2n) is 4.80. The second-order valence-corrected chi connectivity index (χ2v) is 8.24. The minimum absolute atomic E-state index is 0.348. The average Bonchev–Trinajstić information content (AvgIpc) is 2.91. The molecule has 0 N–H and O–H groups in total. The lowest BCUT2D eigenvalue weighted by molar-refractivity contribution is 0.301. The van der Waals surface area contributed by atoms with Crippen molar-refractivity contribution >= 4 is 31.9 Å². The third kappa shape index (κ3) is 0.648. The number of rotatable bonds is 0. The van der Waals surface area contributed by atoms with E-state index in [4.69, 9.17) is 0 Å². The predicted molar refractivity (Wildman–Crippen MR) is 57.8 cm³/mol. The van der Waals surface area contributed by atoms with Crippen molar-refractivity contribution in [2.75, 3.05) is 0 Å². The van der Waals surface area contributed by atoms with Gasteiger partial charge in [-0.1, -0.05) is 51.1 Å². The van der Waals surface area contributed by atoms with Crippen LogP contribution in [0.1, 0.15) is 44.9 Å². The molecule has 0 unspecified atom stereocenters. The summed E-state index contributed by atoms with van der Waals surface area (Å²) in [5.74, 6) is 0. The van der Waals surface area contributed by atoms with E-state index >= 15 is 0 Å². The smallest absolute Gasteiger partial charge is 0.0714 e. The molecule has 0 atom stereocenters. The van der Waals surface area contributed by atoms with E-state index in [1.165, 1.54) is 44.9 Å². The monoisotopic (exact) mass is 292 g/mol. The summed E-state index contributed by atoms with van der Waals surface area (Å²) < 4.78 is 0.348. The Morgan fingerprint density at radius 3 is 1.58 bits per heavy atom. The number of fused-ring (bicyclic) bond motifs is 1. The molecule has 3 fully saturated rings. The molecule has 2 heteroatoms. The number of alkyl halides is 2. The highest BCUT2D eigenvalue weighted by Crippen LogP contribution is 2.93. The van der Waals surface area contributed by atoms with Gasteiger partial charge in [-0.25, -0.2) is 0 Å². The molecular formula is C10H14Br2. The molecule has 3 aliphatic carbocycles. The standard InChI is InChI=1S/C10H14Br2/c11-10(12)8(9(10)6-7-9)4-2-1-3-5-8/h1-7H2. The normalized spacial score (nSPS) is 38.5. The fourth-order valence-corrected chi connectivity index (χ4v) is 6.51. The Balaban J connectivity index is 1.93. The molecule has 3 rings (SSSR count). The van der Waals surface area contributed by atoms with Crippen LogP contribution in [0.2, 0.25) is 0 Å². The summed E-state index contributed by atoms with van der Waals surface area (Å²) in [6.45, 7) is 0. The molecule has 68 valence electrons. The molecule has 0 heterocycles. The van der Waals surface area contributed by atoms with E-state index in [0.29, 0.717) is 14.1 Å². The van der Waals surface area contributed by atoms with Crippen molar-refractivity contribution < 1.29 is 0 Å². The van der Waals surface area contributed by atoms with E-state index in [9.17, 15) is 0 Å². The molecule has 0 amide bonds. The molecule has 3 saturated carbocycles. The summed E-state index contributed by atoms with van der Waals surface area (Å²) >= 11 is 7.81. The third-order valence-corrected chi connectivity index (χ3v) is 7.55. The van der Waals surface area contributed by atoms with Crippen molar-refractivity contribution in [2.24, 2.45) is 10.8 Å². The molecular weight excluding hydrogens is 280 g/mol. The van der Waals surface area contributed by atoms with Crippen molar-refractivity contribution in [3.8, 4) is 0 Å². The van der Waals surface area contributed by atoms with Crippen molar-refractivity contribution in [1.29, 1.82) is 0 Å². The van der Waals surface area contributed by atoms with Crippen LogP contribution in [0.15, 0.2) is 0 Å². The van der Waals surface area contributed by atoms with Gasteiger partial charge < -0.3 is 0 Å². The zero-order valence-electron chi connectivity index (χ0n) is 7.21. The van der Waals surface area contributed by atoms with Crippen molar-refractivity contribution in [3.63, 3.8) is 0 Å². The Hall–Kier alpha value is 0.960. The summed E-state index contributed by atoms with van der Waals surface area (Å²) in [6.07, 6.45) is 10.2. The topological polar surface area (TPSA) is 0 Å². The quantitative estimate of drug-likeness (QED) is 0.587. The summed E-state index contributed by atoms with van der Waals surface area (Å²) in [6, 6.07) is 0. The van der Waals surface area contributed by atoms with Gasteiger partial charge in [-0.05, 0) is 25.7 Å². The van der Waals surface area contributed by atoms with Crippen LogP contribution in [0.3, 0.4) is 0 Å². The lowest BCUT2D eigenvalue weighted by atomic mass is 9.84. The van der Waals surface area contributed by atoms with E-state index in [1.54, 1.807) is 0 Å². The van der Waals surface area contributed by atoms with Gasteiger partial charge in [-0.3, -0.25) is 0 Å². The van der Waals surface area contributed by atoms with Gasteiger partial charge in [0.1, 0.15) is 0 Å². The van der Waals surface area contributed by atoms with Gasteiger partial charge in [0.15, 0.2) is 0 Å². The number of hydrogen-bond donors (Lipinski definition) is 0. The van der Waals surface area contributed by atoms with Crippen LogP contribution >= 0.6 is 31.9 Å². The number of halogens is 2. The first kappa shape index (κ1) is 8.28. The molecule has 0 bridgehead atoms. The minimum atomic E-state index is 0.348. The maximum Gasteiger partial charge on any atom is 0.0929 e. The van der Waals surface area contributed by atoms with Crippen LogP contribution in [-0.2, 0) is 0 Å². The fourth-order valence-electron chi connectivity index (χ4n) is 3.61. The minimum Gasteiger partial charge on any atom is -0.0714 e. The van der Waals surface area contributed by atoms with Crippen LogP contribution in [0, 0.1) is 10.8 Å². The molecule has 0 saturated heterocycles. The maximum absolute atomic E-state index is 3.91. The molecule has 0 aliphatic heterocycles. The highest BCUT2D eigenvalue weighted by atomic mass is 79.9. The molecule has 0 aromatic rings. The second kappa shape index (κ2) is 2.13. The van der Waals surface area contributed by atoms with Gasteiger partial charge in [0.25, 0.3) is 0 Å². The molecule has 12 heavy (non-hydrogen) atoms. The van der Waals surface area contributed by atoms with Gasteiger partial charge in [0, 0.05) is 10.8 Å². The van der Waals surface area contributed by atoms with E-state index in [-0.39, 0.29) is 0 Å². The first-order valence-electron chi connectivity index (χ1n) is 5.04. The molecule has 0 aromatic heterocycles. The van der Waals surface area contributed by atoms with Gasteiger partial charge in [0.2, 0.25) is 0 Å². The Bertz CT molecular complexity index is 216. The lowest BCUT2D eigenvalue weighted by Crippen LogP contribution is -2.13. The van der Waals surface area contributed by atoms with Crippen molar-refractivity contribution in [1.82, 2.24) is 0 Å². The molecule has 0 radical (unpaired) electrons. The van der Waals surface area contributed by atoms with E-state index < -0.39 is 0 Å². The van der Waals surface area contributed by atoms with Gasteiger partial charge in [-0.15, -0.1) is 0 Å². The van der Waals surface area contributed by atoms with Crippen LogP contribution in [0.4, 0.5) is 0 Å². The van der Waals surface area contributed by atoms with Gasteiger partial charge >= 0.3 is 0 Å². The first-order chi connectivity index (χ1) is 5.66. The highest BCUT2D eigenvalue weighted by molar-refractivity contribution is 9.25. The Kier molecular flexibility index (Phi) is 1.47. The third-order valence-electron chi connectivity index (χ3n) is 4.51. The van der Waals surface area contributed by atoms with E-state index in [1.807, 2.05) is 0 Å². The van der Waals surface area contributed by atoms with Crippen LogP contribution in [-0.4, -0.2) is 3.23 Å². The Morgan fingerprint density at radius 1 is 0.667 bits per heavy atom. The Morgan fingerprint density at radius 2 is 1.17 bits per heavy atom. The van der Waals surface area contributed by atoms with Gasteiger partial charge in [0.05, 0.1) is 3.23 Å². The zero-order valence-corrected chi connectivity index (χ0v) is 10.4. The SMILES string of the molecule is BrC1(Br)C2(CCCCC2)C12CC2. The van der Waals surface area contributed by atoms with Crippen molar-refractivity contribution in [3.05, 3.63) is 0 Å². The van der Waals surface area contributed by atoms with E-state index in [0.717, 1.165) is 0 Å².